The van der Waals surface area contributed by atoms with Crippen LogP contribution in [0, 0.1) is 6.92 Å². The molecule has 0 N–H and O–H groups in total. The summed E-state index contributed by atoms with van der Waals surface area (Å²) < 4.78 is 2.09. The molecule has 2 aromatic heterocycles. The van der Waals surface area contributed by atoms with Crippen molar-refractivity contribution in [3.63, 3.8) is 0 Å². The molecule has 1 amide bonds. The summed E-state index contributed by atoms with van der Waals surface area (Å²) in [6, 6.07) is 8.10. The van der Waals surface area contributed by atoms with Crippen molar-refractivity contribution < 1.29 is 4.79 Å². The van der Waals surface area contributed by atoms with Crippen molar-refractivity contribution in [1.82, 2.24) is 19.4 Å². The van der Waals surface area contributed by atoms with E-state index in [-0.39, 0.29) is 11.9 Å². The van der Waals surface area contributed by atoms with Crippen molar-refractivity contribution in [2.75, 3.05) is 6.54 Å². The molecule has 1 saturated heterocycles. The van der Waals surface area contributed by atoms with Crippen LogP contribution >= 0.6 is 0 Å². The molecule has 0 unspecified atom stereocenters. The van der Waals surface area contributed by atoms with Gasteiger partial charge in [0, 0.05) is 42.6 Å². The molecular weight excluding hydrogens is 300 g/mol. The van der Waals surface area contributed by atoms with Gasteiger partial charge in [-0.2, -0.15) is 0 Å². The minimum atomic E-state index is 0.0181. The minimum absolute atomic E-state index is 0.0181. The van der Waals surface area contributed by atoms with Crippen molar-refractivity contribution in [3.8, 4) is 0 Å². The number of likely N-dealkylation sites (tertiary alicyclic amines) is 1. The van der Waals surface area contributed by atoms with E-state index in [0.29, 0.717) is 0 Å². The predicted molar refractivity (Wildman–Crippen MR) is 92.7 cm³/mol. The first-order chi connectivity index (χ1) is 11.7. The number of aryl methyl sites for hydroxylation is 1. The highest BCUT2D eigenvalue weighted by atomic mass is 16.2. The minimum Gasteiger partial charge on any atom is -0.347 e. The Morgan fingerprint density at radius 2 is 2.08 bits per heavy atom. The van der Waals surface area contributed by atoms with E-state index < -0.39 is 0 Å². The van der Waals surface area contributed by atoms with Gasteiger partial charge in [-0.15, -0.1) is 0 Å². The second-order valence-electron chi connectivity index (χ2n) is 6.32. The van der Waals surface area contributed by atoms with E-state index >= 15 is 0 Å². The number of fused-ring (bicyclic) bond motifs is 1. The van der Waals surface area contributed by atoms with Crippen molar-refractivity contribution >= 4 is 16.8 Å². The van der Waals surface area contributed by atoms with Crippen molar-refractivity contribution in [2.24, 2.45) is 7.05 Å². The van der Waals surface area contributed by atoms with Gasteiger partial charge in [-0.1, -0.05) is 18.2 Å². The number of benzene rings is 1. The Morgan fingerprint density at radius 3 is 2.88 bits per heavy atom. The fraction of sp³-hybridized carbons (Fsp3) is 0.316. The van der Waals surface area contributed by atoms with E-state index in [0.717, 1.165) is 47.2 Å². The molecule has 24 heavy (non-hydrogen) atoms. The Hall–Kier alpha value is -2.69. The van der Waals surface area contributed by atoms with Gasteiger partial charge in [0.25, 0.3) is 5.91 Å². The highest BCUT2D eigenvalue weighted by molar-refractivity contribution is 6.08. The second kappa shape index (κ2) is 5.74. The lowest BCUT2D eigenvalue weighted by molar-refractivity contribution is 0.0733. The zero-order valence-corrected chi connectivity index (χ0v) is 13.9. The Kier molecular flexibility index (Phi) is 3.56. The van der Waals surface area contributed by atoms with Gasteiger partial charge in [-0.3, -0.25) is 14.8 Å². The number of carbonyl (C=O) groups excluding carboxylic acids is 1. The van der Waals surface area contributed by atoms with E-state index in [1.807, 2.05) is 37.1 Å². The molecule has 5 heteroatoms. The zero-order chi connectivity index (χ0) is 16.7. The van der Waals surface area contributed by atoms with Crippen LogP contribution in [0.1, 0.15) is 40.6 Å². The zero-order valence-electron chi connectivity index (χ0n) is 13.9. The van der Waals surface area contributed by atoms with Gasteiger partial charge in [-0.05, 0) is 25.8 Å². The van der Waals surface area contributed by atoms with Gasteiger partial charge in [-0.25, -0.2) is 0 Å². The first-order valence-electron chi connectivity index (χ1n) is 8.29. The first-order valence-corrected chi connectivity index (χ1v) is 8.29. The molecule has 3 heterocycles. The smallest absolute Gasteiger partial charge is 0.256 e. The summed E-state index contributed by atoms with van der Waals surface area (Å²) in [7, 11) is 2.01. The van der Waals surface area contributed by atoms with Crippen LogP contribution < -0.4 is 0 Å². The standard InChI is InChI=1S/C19H20N4O/c1-13-18(14-6-3-4-7-16(14)22(13)2)19(24)23-11-5-8-17(23)15-12-20-9-10-21-15/h3-4,6-7,9-10,12,17H,5,8,11H2,1-2H3/t17-/m1/s1. The molecule has 1 fully saturated rings. The summed E-state index contributed by atoms with van der Waals surface area (Å²) in [5, 5.41) is 1.02. The average Bonchev–Trinajstić information content (AvgIpc) is 3.20. The Balaban J connectivity index is 1.78. The van der Waals surface area contributed by atoms with Crippen LogP contribution in [0.25, 0.3) is 10.9 Å². The number of amides is 1. The van der Waals surface area contributed by atoms with Crippen LogP contribution in [-0.4, -0.2) is 31.9 Å². The number of hydrogen-bond donors (Lipinski definition) is 0. The molecule has 0 radical (unpaired) electrons. The normalized spacial score (nSPS) is 17.6. The number of rotatable bonds is 2. The lowest BCUT2D eigenvalue weighted by atomic mass is 10.1. The van der Waals surface area contributed by atoms with Crippen LogP contribution in [0.15, 0.2) is 42.9 Å². The number of para-hydroxylation sites is 1. The summed E-state index contributed by atoms with van der Waals surface area (Å²) in [4.78, 5) is 23.9. The number of hydrogen-bond acceptors (Lipinski definition) is 3. The van der Waals surface area contributed by atoms with Gasteiger partial charge in [0.2, 0.25) is 0 Å². The summed E-state index contributed by atoms with van der Waals surface area (Å²) in [5.74, 6) is 0.0949. The fourth-order valence-corrected chi connectivity index (χ4v) is 3.73. The largest absolute Gasteiger partial charge is 0.347 e. The van der Waals surface area contributed by atoms with Crippen LogP contribution in [-0.2, 0) is 7.05 Å². The SMILES string of the molecule is Cc1c(C(=O)N2CCC[C@@H]2c2cnccn2)c2ccccc2n1C. The maximum absolute atomic E-state index is 13.3. The van der Waals surface area contributed by atoms with E-state index in [1.54, 1.807) is 18.6 Å². The highest BCUT2D eigenvalue weighted by Crippen LogP contribution is 2.34. The fourth-order valence-electron chi connectivity index (χ4n) is 3.73. The Morgan fingerprint density at radius 1 is 1.25 bits per heavy atom. The van der Waals surface area contributed by atoms with Crippen molar-refractivity contribution in [3.05, 3.63) is 59.8 Å². The molecule has 0 bridgehead atoms. The number of carbonyl (C=O) groups is 1. The Labute approximate surface area is 140 Å². The first kappa shape index (κ1) is 14.9. The number of nitrogens with zero attached hydrogens (tertiary/aromatic N) is 4. The van der Waals surface area contributed by atoms with Gasteiger partial charge in [0.15, 0.2) is 0 Å². The molecule has 122 valence electrons. The summed E-state index contributed by atoms with van der Waals surface area (Å²) in [6.45, 7) is 2.78. The van der Waals surface area contributed by atoms with E-state index in [4.69, 9.17) is 0 Å². The maximum atomic E-state index is 13.3. The van der Waals surface area contributed by atoms with Crippen LogP contribution in [0.5, 0.6) is 0 Å². The topological polar surface area (TPSA) is 51.0 Å². The van der Waals surface area contributed by atoms with Crippen molar-refractivity contribution in [2.45, 2.75) is 25.8 Å². The molecule has 3 aromatic rings. The monoisotopic (exact) mass is 320 g/mol. The van der Waals surface area contributed by atoms with Crippen LogP contribution in [0.4, 0.5) is 0 Å². The van der Waals surface area contributed by atoms with Gasteiger partial charge in [0.05, 0.1) is 23.5 Å². The lowest BCUT2D eigenvalue weighted by Crippen LogP contribution is -2.31. The van der Waals surface area contributed by atoms with Gasteiger partial charge < -0.3 is 9.47 Å². The molecule has 0 saturated carbocycles. The third kappa shape index (κ3) is 2.19. The summed E-state index contributed by atoms with van der Waals surface area (Å²) >= 11 is 0. The Bertz CT molecular complexity index is 900. The molecule has 0 aliphatic carbocycles. The molecule has 0 spiro atoms. The predicted octanol–water partition coefficient (Wildman–Crippen LogP) is 3.25. The quantitative estimate of drug-likeness (QED) is 0.728. The molecule has 1 aromatic carbocycles. The average molecular weight is 320 g/mol. The molecular formula is C19H20N4O. The molecule has 5 nitrogen and oxygen atoms in total. The number of aromatic nitrogens is 3. The third-order valence-corrected chi connectivity index (χ3v) is 5.05. The maximum Gasteiger partial charge on any atom is 0.256 e. The van der Waals surface area contributed by atoms with E-state index in [1.165, 1.54) is 0 Å². The third-order valence-electron chi connectivity index (χ3n) is 5.05. The van der Waals surface area contributed by atoms with Crippen LogP contribution in [0.2, 0.25) is 0 Å². The second-order valence-corrected chi connectivity index (χ2v) is 6.32. The lowest BCUT2D eigenvalue weighted by Gasteiger charge is -2.24. The van der Waals surface area contributed by atoms with E-state index in [9.17, 15) is 4.79 Å². The van der Waals surface area contributed by atoms with Crippen LogP contribution in [0.3, 0.4) is 0 Å². The molecule has 1 aliphatic rings. The van der Waals surface area contributed by atoms with Gasteiger partial charge in [0.1, 0.15) is 0 Å². The van der Waals surface area contributed by atoms with Gasteiger partial charge >= 0.3 is 0 Å². The molecule has 1 aliphatic heterocycles. The van der Waals surface area contributed by atoms with Crippen molar-refractivity contribution in [1.29, 1.82) is 0 Å². The molecule has 4 rings (SSSR count). The summed E-state index contributed by atoms with van der Waals surface area (Å²) in [6.07, 6.45) is 7.07. The summed E-state index contributed by atoms with van der Waals surface area (Å²) in [5.41, 5.74) is 3.78. The van der Waals surface area contributed by atoms with E-state index in [2.05, 4.69) is 20.6 Å². The highest BCUT2D eigenvalue weighted by Gasteiger charge is 2.33. The molecule has 1 atom stereocenters.